The molecule has 3 heterocycles. The molecule has 0 saturated heterocycles. The van der Waals surface area contributed by atoms with Gasteiger partial charge in [0.15, 0.2) is 5.65 Å². The van der Waals surface area contributed by atoms with Gasteiger partial charge in [-0.3, -0.25) is 0 Å². The average molecular weight is 317 g/mol. The number of aromatic nitrogens is 4. The van der Waals surface area contributed by atoms with Gasteiger partial charge in [-0.2, -0.15) is 9.61 Å². The van der Waals surface area contributed by atoms with Gasteiger partial charge in [-0.15, -0.1) is 11.3 Å². The third-order valence-electron chi connectivity index (χ3n) is 4.22. The van der Waals surface area contributed by atoms with Crippen molar-refractivity contribution in [2.24, 2.45) is 5.92 Å². The number of aryl methyl sites for hydroxylation is 1. The Morgan fingerprint density at radius 1 is 1.55 bits per heavy atom. The van der Waals surface area contributed by atoms with E-state index in [0.717, 1.165) is 28.7 Å². The summed E-state index contributed by atoms with van der Waals surface area (Å²) in [6.07, 6.45) is 4.61. The number of anilines is 1. The smallest absolute Gasteiger partial charge is 0.227 e. The van der Waals surface area contributed by atoms with E-state index < -0.39 is 6.10 Å². The molecule has 2 atom stereocenters. The van der Waals surface area contributed by atoms with Gasteiger partial charge >= 0.3 is 0 Å². The normalized spacial score (nSPS) is 19.5. The van der Waals surface area contributed by atoms with Crippen LogP contribution in [0.4, 0.5) is 5.95 Å². The van der Waals surface area contributed by atoms with Crippen LogP contribution in [-0.4, -0.2) is 37.3 Å². The first kappa shape index (κ1) is 13.9. The van der Waals surface area contributed by atoms with E-state index in [9.17, 15) is 5.11 Å². The van der Waals surface area contributed by atoms with E-state index in [1.807, 2.05) is 0 Å². The molecule has 116 valence electrons. The first-order valence-electron chi connectivity index (χ1n) is 7.69. The maximum atomic E-state index is 9.48. The van der Waals surface area contributed by atoms with Crippen molar-refractivity contribution in [3.05, 3.63) is 16.8 Å². The summed E-state index contributed by atoms with van der Waals surface area (Å²) in [5.74, 6) is 1.36. The molecule has 0 aromatic carbocycles. The molecule has 0 radical (unpaired) electrons. The van der Waals surface area contributed by atoms with Crippen molar-refractivity contribution in [2.45, 2.75) is 39.2 Å². The van der Waals surface area contributed by atoms with Gasteiger partial charge in [0.1, 0.15) is 11.2 Å². The van der Waals surface area contributed by atoms with Crippen LogP contribution in [0, 0.1) is 5.92 Å². The van der Waals surface area contributed by atoms with Crippen molar-refractivity contribution >= 4 is 33.1 Å². The zero-order valence-corrected chi connectivity index (χ0v) is 13.5. The Bertz CT molecular complexity index is 837. The number of hydrogen-bond donors (Lipinski definition) is 2. The quantitative estimate of drug-likeness (QED) is 0.775. The average Bonchev–Trinajstić information content (AvgIpc) is 3.07. The lowest BCUT2D eigenvalue weighted by Crippen LogP contribution is -2.18. The van der Waals surface area contributed by atoms with E-state index in [1.54, 1.807) is 29.1 Å². The zero-order chi connectivity index (χ0) is 15.3. The minimum absolute atomic E-state index is 0.437. The largest absolute Gasteiger partial charge is 0.392 e. The van der Waals surface area contributed by atoms with Crippen molar-refractivity contribution < 1.29 is 5.11 Å². The lowest BCUT2D eigenvalue weighted by molar-refractivity contribution is 0.208. The molecular weight excluding hydrogens is 298 g/mol. The highest BCUT2D eigenvalue weighted by Gasteiger charge is 2.24. The molecule has 0 saturated carbocycles. The van der Waals surface area contributed by atoms with E-state index in [1.165, 1.54) is 16.9 Å². The van der Waals surface area contributed by atoms with Crippen LogP contribution in [0.3, 0.4) is 0 Å². The number of hydrogen-bond acceptors (Lipinski definition) is 6. The fourth-order valence-corrected chi connectivity index (χ4v) is 4.33. The highest BCUT2D eigenvalue weighted by molar-refractivity contribution is 7.19. The Kier molecular flexibility index (Phi) is 3.27. The summed E-state index contributed by atoms with van der Waals surface area (Å²) in [5.41, 5.74) is 2.27. The zero-order valence-electron chi connectivity index (χ0n) is 12.7. The number of rotatable bonds is 3. The fraction of sp³-hybridized carbons (Fsp3) is 0.533. The second-order valence-corrected chi connectivity index (χ2v) is 7.28. The molecule has 1 aliphatic carbocycles. The second kappa shape index (κ2) is 5.17. The molecule has 3 aromatic heterocycles. The first-order valence-corrected chi connectivity index (χ1v) is 8.51. The molecule has 3 aromatic rings. The maximum Gasteiger partial charge on any atom is 0.227 e. The number of fused-ring (bicyclic) bond motifs is 5. The molecule has 2 N–H and O–H groups in total. The van der Waals surface area contributed by atoms with Gasteiger partial charge in [-0.1, -0.05) is 6.92 Å². The summed E-state index contributed by atoms with van der Waals surface area (Å²) in [6, 6.07) is 0. The SMILES string of the molecule is C[C@@H]1CCc2sc3nc(NC[C@@H](C)O)n4ncnc4c3c2C1. The third kappa shape index (κ3) is 2.16. The molecule has 6 nitrogen and oxygen atoms in total. The molecule has 0 bridgehead atoms. The molecule has 22 heavy (non-hydrogen) atoms. The summed E-state index contributed by atoms with van der Waals surface area (Å²) in [4.78, 5) is 11.7. The Hall–Kier alpha value is -1.73. The van der Waals surface area contributed by atoms with Crippen molar-refractivity contribution in [1.82, 2.24) is 19.6 Å². The first-order chi connectivity index (χ1) is 10.6. The lowest BCUT2D eigenvalue weighted by atomic mass is 9.89. The standard InChI is InChI=1S/C15H19N5OS/c1-8-3-4-11-10(5-8)12-13-17-7-18-20(13)15(16-6-9(2)21)19-14(12)22-11/h7-9,21H,3-6H2,1-2H3,(H,16,19)/t8-,9-/m1/s1. The summed E-state index contributed by atoms with van der Waals surface area (Å²) in [6.45, 7) is 4.49. The van der Waals surface area contributed by atoms with E-state index in [0.29, 0.717) is 18.4 Å². The number of thiophene rings is 1. The molecule has 0 spiro atoms. The molecule has 0 unspecified atom stereocenters. The van der Waals surface area contributed by atoms with E-state index in [2.05, 4.69) is 22.3 Å². The van der Waals surface area contributed by atoms with Gasteiger partial charge in [0.2, 0.25) is 5.95 Å². The Labute approximate surface area is 132 Å². The van der Waals surface area contributed by atoms with Crippen LogP contribution in [0.2, 0.25) is 0 Å². The predicted molar refractivity (Wildman–Crippen MR) is 87.5 cm³/mol. The Balaban J connectivity index is 1.91. The van der Waals surface area contributed by atoms with E-state index >= 15 is 0 Å². The fourth-order valence-electron chi connectivity index (χ4n) is 3.12. The van der Waals surface area contributed by atoms with Gasteiger partial charge in [0.05, 0.1) is 11.5 Å². The van der Waals surface area contributed by atoms with Crippen LogP contribution in [0.5, 0.6) is 0 Å². The van der Waals surface area contributed by atoms with Gasteiger partial charge < -0.3 is 10.4 Å². The summed E-state index contributed by atoms with van der Waals surface area (Å²) in [7, 11) is 0. The summed E-state index contributed by atoms with van der Waals surface area (Å²) >= 11 is 1.77. The van der Waals surface area contributed by atoms with E-state index in [4.69, 9.17) is 4.98 Å². The third-order valence-corrected chi connectivity index (χ3v) is 5.41. The highest BCUT2D eigenvalue weighted by atomic mass is 32.1. The van der Waals surface area contributed by atoms with Gasteiger partial charge in [-0.25, -0.2) is 9.97 Å². The minimum atomic E-state index is -0.437. The molecule has 1 aliphatic rings. The van der Waals surface area contributed by atoms with Crippen LogP contribution in [0.15, 0.2) is 6.33 Å². The lowest BCUT2D eigenvalue weighted by Gasteiger charge is -2.18. The molecule has 0 amide bonds. The van der Waals surface area contributed by atoms with Crippen molar-refractivity contribution in [2.75, 3.05) is 11.9 Å². The number of nitrogens with zero attached hydrogens (tertiary/aromatic N) is 4. The van der Waals surface area contributed by atoms with Crippen molar-refractivity contribution in [3.63, 3.8) is 0 Å². The monoisotopic (exact) mass is 317 g/mol. The van der Waals surface area contributed by atoms with E-state index in [-0.39, 0.29) is 0 Å². The number of aliphatic hydroxyl groups excluding tert-OH is 1. The molecule has 0 aliphatic heterocycles. The molecule has 0 fully saturated rings. The van der Waals surface area contributed by atoms with Crippen LogP contribution in [0.1, 0.15) is 30.7 Å². The second-order valence-electron chi connectivity index (χ2n) is 6.19. The Morgan fingerprint density at radius 2 is 2.41 bits per heavy atom. The molecule has 4 rings (SSSR count). The van der Waals surface area contributed by atoms with Crippen molar-refractivity contribution in [3.8, 4) is 0 Å². The Morgan fingerprint density at radius 3 is 3.23 bits per heavy atom. The van der Waals surface area contributed by atoms with Crippen LogP contribution >= 0.6 is 11.3 Å². The van der Waals surface area contributed by atoms with Crippen LogP contribution in [0.25, 0.3) is 15.9 Å². The number of nitrogens with one attached hydrogen (secondary N) is 1. The van der Waals surface area contributed by atoms with Gasteiger partial charge in [0, 0.05) is 11.4 Å². The summed E-state index contributed by atoms with van der Waals surface area (Å²) in [5, 5.41) is 18.1. The topological polar surface area (TPSA) is 75.3 Å². The maximum absolute atomic E-state index is 9.48. The predicted octanol–water partition coefficient (Wildman–Crippen LogP) is 2.26. The van der Waals surface area contributed by atoms with Crippen molar-refractivity contribution in [1.29, 1.82) is 0 Å². The molecular formula is C15H19N5OS. The van der Waals surface area contributed by atoms with Gasteiger partial charge in [0.25, 0.3) is 0 Å². The van der Waals surface area contributed by atoms with Crippen LogP contribution < -0.4 is 5.32 Å². The van der Waals surface area contributed by atoms with Crippen LogP contribution in [-0.2, 0) is 12.8 Å². The highest BCUT2D eigenvalue weighted by Crippen LogP contribution is 2.39. The number of aliphatic hydroxyl groups is 1. The minimum Gasteiger partial charge on any atom is -0.392 e. The van der Waals surface area contributed by atoms with Gasteiger partial charge in [-0.05, 0) is 37.7 Å². The molecule has 7 heteroatoms. The summed E-state index contributed by atoms with van der Waals surface area (Å²) < 4.78 is 1.75.